The van der Waals surface area contributed by atoms with Gasteiger partial charge in [0.25, 0.3) is 0 Å². The van der Waals surface area contributed by atoms with Gasteiger partial charge in [0.2, 0.25) is 0 Å². The Morgan fingerprint density at radius 3 is 2.70 bits per heavy atom. The third kappa shape index (κ3) is 1.39. The van der Waals surface area contributed by atoms with Crippen LogP contribution >= 0.6 is 0 Å². The monoisotopic (exact) mass is 409 g/mol. The van der Waals surface area contributed by atoms with Gasteiger partial charge in [-0.1, -0.05) is 18.2 Å². The van der Waals surface area contributed by atoms with Crippen LogP contribution in [0, 0.1) is 17.3 Å². The minimum absolute atomic E-state index is 0.0709. The number of piperidine rings is 1. The average molecular weight is 409 g/mol. The highest BCUT2D eigenvalue weighted by Crippen LogP contribution is 2.77. The van der Waals surface area contributed by atoms with Crippen LogP contribution in [0.3, 0.4) is 0 Å². The van der Waals surface area contributed by atoms with Gasteiger partial charge >= 0.3 is 11.9 Å². The lowest BCUT2D eigenvalue weighted by Gasteiger charge is -2.71. The summed E-state index contributed by atoms with van der Waals surface area (Å²) >= 11 is 0. The Balaban J connectivity index is 1.64. The van der Waals surface area contributed by atoms with Gasteiger partial charge in [-0.15, -0.1) is 0 Å². The molecule has 0 aromatic heterocycles. The van der Waals surface area contributed by atoms with E-state index in [0.29, 0.717) is 5.75 Å². The Morgan fingerprint density at radius 1 is 1.13 bits per heavy atom. The third-order valence-electron chi connectivity index (χ3n) is 9.11. The van der Waals surface area contributed by atoms with Crippen LogP contribution in [0.1, 0.15) is 17.5 Å². The summed E-state index contributed by atoms with van der Waals surface area (Å²) < 4.78 is 23.8. The van der Waals surface area contributed by atoms with E-state index in [4.69, 9.17) is 18.9 Å². The molecule has 8 rings (SSSR count). The molecule has 30 heavy (non-hydrogen) atoms. The number of carbonyl (C=O) groups excluding carboxylic acids is 2. The number of nitrogens with zero attached hydrogens (tertiary/aromatic N) is 1. The molecule has 0 radical (unpaired) electrons. The fourth-order valence-corrected chi connectivity index (χ4v) is 8.17. The molecule has 0 N–H and O–H groups in total. The molecule has 3 aliphatic heterocycles. The van der Waals surface area contributed by atoms with Crippen molar-refractivity contribution in [2.45, 2.75) is 36.0 Å². The van der Waals surface area contributed by atoms with Gasteiger partial charge in [0, 0.05) is 24.1 Å². The highest BCUT2D eigenvalue weighted by atomic mass is 16.6. The standard InChI is InChI=1S/C23H23NO6/c1-24-9-8-22-14-11-4-5-12(27-2)17(14)29-20(22)23(28-3)7-6-21(22,13(24)10-11)15-16(23)19(26)30-18(15)25/h4-7,13,15-16,20H,8-10H2,1-3H3/t13?,15?,16?,20-,21?,22?,23?/m1/s1. The van der Waals surface area contributed by atoms with E-state index in [1.807, 2.05) is 12.1 Å². The molecule has 7 nitrogen and oxygen atoms in total. The minimum Gasteiger partial charge on any atom is -0.493 e. The van der Waals surface area contributed by atoms with Crippen LogP contribution < -0.4 is 9.47 Å². The second kappa shape index (κ2) is 4.92. The molecule has 1 saturated carbocycles. The maximum Gasteiger partial charge on any atom is 0.320 e. The van der Waals surface area contributed by atoms with Crippen molar-refractivity contribution in [2.75, 3.05) is 27.8 Å². The Labute approximate surface area is 173 Å². The lowest BCUT2D eigenvalue weighted by molar-refractivity contribution is -0.229. The van der Waals surface area contributed by atoms with Crippen molar-refractivity contribution in [2.24, 2.45) is 17.3 Å². The number of hydrogen-bond acceptors (Lipinski definition) is 7. The highest BCUT2D eigenvalue weighted by Gasteiger charge is 2.86. The topological polar surface area (TPSA) is 74.3 Å². The summed E-state index contributed by atoms with van der Waals surface area (Å²) in [7, 11) is 5.36. The van der Waals surface area contributed by atoms with Gasteiger partial charge < -0.3 is 23.8 Å². The molecule has 7 heteroatoms. The Morgan fingerprint density at radius 2 is 1.93 bits per heavy atom. The number of esters is 2. The number of likely N-dealkylation sites (N-methyl/N-ethyl adjacent to an activating group) is 1. The van der Waals surface area contributed by atoms with Crippen LogP contribution in [0.25, 0.3) is 0 Å². The maximum absolute atomic E-state index is 13.2. The average Bonchev–Trinajstić information content (AvgIpc) is 3.27. The molecule has 7 aliphatic rings. The first-order valence-electron chi connectivity index (χ1n) is 10.5. The molecular formula is C23H23NO6. The third-order valence-corrected chi connectivity index (χ3v) is 9.11. The molecule has 3 heterocycles. The van der Waals surface area contributed by atoms with Crippen LogP contribution in [0.15, 0.2) is 24.3 Å². The van der Waals surface area contributed by atoms with E-state index in [0.717, 1.165) is 30.7 Å². The zero-order valence-electron chi connectivity index (χ0n) is 17.1. The van der Waals surface area contributed by atoms with E-state index in [1.165, 1.54) is 5.56 Å². The van der Waals surface area contributed by atoms with Gasteiger partial charge in [-0.3, -0.25) is 9.59 Å². The summed E-state index contributed by atoms with van der Waals surface area (Å²) in [5, 5.41) is 0. The molecular weight excluding hydrogens is 386 g/mol. The van der Waals surface area contributed by atoms with E-state index >= 15 is 0 Å². The van der Waals surface area contributed by atoms with Crippen LogP contribution in [0.4, 0.5) is 0 Å². The van der Waals surface area contributed by atoms with E-state index < -0.39 is 46.3 Å². The lowest BCUT2D eigenvalue weighted by Crippen LogP contribution is -2.82. The number of carbonyl (C=O) groups is 2. The van der Waals surface area contributed by atoms with Crippen molar-refractivity contribution >= 4 is 11.9 Å². The number of methoxy groups -OCH3 is 2. The normalized spacial score (nSPS) is 46.4. The van der Waals surface area contributed by atoms with Crippen molar-refractivity contribution < 1.29 is 28.5 Å². The van der Waals surface area contributed by atoms with Gasteiger partial charge in [-0.2, -0.15) is 0 Å². The molecule has 4 bridgehead atoms. The van der Waals surface area contributed by atoms with Gasteiger partial charge in [0.15, 0.2) is 11.5 Å². The fraction of sp³-hybridized carbons (Fsp3) is 0.565. The highest BCUT2D eigenvalue weighted by molar-refractivity contribution is 6.00. The molecule has 6 unspecified atom stereocenters. The van der Waals surface area contributed by atoms with Crippen LogP contribution in [-0.2, 0) is 30.9 Å². The number of rotatable bonds is 2. The van der Waals surface area contributed by atoms with Crippen molar-refractivity contribution in [1.29, 1.82) is 0 Å². The van der Waals surface area contributed by atoms with E-state index in [9.17, 15) is 9.59 Å². The molecule has 1 aromatic carbocycles. The molecule has 2 spiro atoms. The lowest BCUT2D eigenvalue weighted by atomic mass is 9.34. The van der Waals surface area contributed by atoms with Crippen LogP contribution in [0.5, 0.6) is 11.5 Å². The summed E-state index contributed by atoms with van der Waals surface area (Å²) in [5.74, 6) is -0.757. The maximum atomic E-state index is 13.2. The summed E-state index contributed by atoms with van der Waals surface area (Å²) in [4.78, 5) is 28.5. The number of cyclic esters (lactones) is 2. The van der Waals surface area contributed by atoms with Crippen molar-refractivity contribution in [3.63, 3.8) is 0 Å². The number of likely N-dealkylation sites (tertiary alicyclic amines) is 1. The zero-order chi connectivity index (χ0) is 20.6. The van der Waals surface area contributed by atoms with Gasteiger partial charge in [0.05, 0.1) is 18.4 Å². The Bertz CT molecular complexity index is 1080. The SMILES string of the molecule is COc1ccc2c3c1O[C@H]1C4(OC)C=CC5(C6C(=O)OC(=O)C64)C(C2)N(C)CCC315. The fourth-order valence-electron chi connectivity index (χ4n) is 8.17. The van der Waals surface area contributed by atoms with Gasteiger partial charge in [0.1, 0.15) is 17.6 Å². The summed E-state index contributed by atoms with van der Waals surface area (Å²) in [6.45, 7) is 0.885. The molecule has 7 atom stereocenters. The second-order valence-electron chi connectivity index (χ2n) is 9.57. The smallest absolute Gasteiger partial charge is 0.320 e. The summed E-state index contributed by atoms with van der Waals surface area (Å²) in [6, 6.07) is 4.16. The summed E-state index contributed by atoms with van der Waals surface area (Å²) in [6.07, 6.45) is 5.36. The number of benzene rings is 1. The molecule has 4 aliphatic carbocycles. The Kier molecular flexibility index (Phi) is 2.84. The zero-order valence-corrected chi connectivity index (χ0v) is 17.1. The van der Waals surface area contributed by atoms with Crippen molar-refractivity contribution in [3.8, 4) is 11.5 Å². The number of ether oxygens (including phenoxy) is 4. The molecule has 1 aromatic rings. The first-order chi connectivity index (χ1) is 14.5. The van der Waals surface area contributed by atoms with Gasteiger partial charge in [-0.05, 0) is 38.1 Å². The van der Waals surface area contributed by atoms with Crippen molar-refractivity contribution in [1.82, 2.24) is 4.90 Å². The van der Waals surface area contributed by atoms with Crippen LogP contribution in [-0.4, -0.2) is 62.4 Å². The molecule has 156 valence electrons. The Hall–Kier alpha value is -2.38. The summed E-state index contributed by atoms with van der Waals surface area (Å²) in [5.41, 5.74) is 0.291. The van der Waals surface area contributed by atoms with Gasteiger partial charge in [-0.25, -0.2) is 0 Å². The van der Waals surface area contributed by atoms with Crippen LogP contribution in [0.2, 0.25) is 0 Å². The second-order valence-corrected chi connectivity index (χ2v) is 9.57. The van der Waals surface area contributed by atoms with Crippen molar-refractivity contribution in [3.05, 3.63) is 35.4 Å². The van der Waals surface area contributed by atoms with E-state index in [1.54, 1.807) is 14.2 Å². The first-order valence-corrected chi connectivity index (χ1v) is 10.5. The molecule has 3 fully saturated rings. The number of hydrogen-bond donors (Lipinski definition) is 0. The minimum atomic E-state index is -1.05. The quantitative estimate of drug-likeness (QED) is 0.413. The molecule has 2 saturated heterocycles. The van der Waals surface area contributed by atoms with E-state index in [-0.39, 0.29) is 6.04 Å². The molecule has 0 amide bonds. The predicted molar refractivity (Wildman–Crippen MR) is 103 cm³/mol. The van der Waals surface area contributed by atoms with E-state index in [2.05, 4.69) is 24.1 Å². The largest absolute Gasteiger partial charge is 0.493 e. The predicted octanol–water partition coefficient (Wildman–Crippen LogP) is 1.22. The first kappa shape index (κ1) is 17.3.